The Hall–Kier alpha value is -3.26. The lowest BCUT2D eigenvalue weighted by Gasteiger charge is -2.21. The van der Waals surface area contributed by atoms with E-state index in [1.165, 1.54) is 19.2 Å². The van der Waals surface area contributed by atoms with Gasteiger partial charge < -0.3 is 25.8 Å². The molecule has 0 bridgehead atoms. The average molecular weight is 488 g/mol. The van der Waals surface area contributed by atoms with E-state index in [0.29, 0.717) is 27.8 Å². The van der Waals surface area contributed by atoms with Crippen LogP contribution in [-0.4, -0.2) is 35.7 Å². The molecule has 2 aromatic carbocycles. The normalized spacial score (nSPS) is 14.1. The number of halogens is 1. The number of carbonyl (C=O) groups excluding carboxylic acids is 2. The Morgan fingerprint density at radius 3 is 2.41 bits per heavy atom. The van der Waals surface area contributed by atoms with Gasteiger partial charge in [0.15, 0.2) is 0 Å². The molecule has 8 nitrogen and oxygen atoms in total. The van der Waals surface area contributed by atoms with E-state index in [0.717, 1.165) is 18.4 Å². The molecule has 2 amide bonds. The zero-order valence-corrected chi connectivity index (χ0v) is 20.5. The van der Waals surface area contributed by atoms with Crippen LogP contribution in [0.15, 0.2) is 36.4 Å². The van der Waals surface area contributed by atoms with Crippen molar-refractivity contribution in [1.29, 1.82) is 0 Å². The number of nitrogens with one attached hydrogen (secondary N) is 3. The minimum atomic E-state index is -1.13. The lowest BCUT2D eigenvalue weighted by Crippen LogP contribution is -2.32. The highest BCUT2D eigenvalue weighted by Crippen LogP contribution is 2.42. The number of anilines is 1. The van der Waals surface area contributed by atoms with Crippen LogP contribution in [0.1, 0.15) is 72.6 Å². The van der Waals surface area contributed by atoms with Gasteiger partial charge in [-0.15, -0.1) is 0 Å². The number of carboxylic acids is 1. The van der Waals surface area contributed by atoms with Gasteiger partial charge >= 0.3 is 12.1 Å². The lowest BCUT2D eigenvalue weighted by atomic mass is 10.00. The molecule has 0 heterocycles. The van der Waals surface area contributed by atoms with Gasteiger partial charge in [-0.2, -0.15) is 0 Å². The number of benzene rings is 2. The predicted molar refractivity (Wildman–Crippen MR) is 130 cm³/mol. The fourth-order valence-corrected chi connectivity index (χ4v) is 3.81. The molecule has 0 unspecified atom stereocenters. The van der Waals surface area contributed by atoms with Crippen molar-refractivity contribution in [3.63, 3.8) is 0 Å². The summed E-state index contributed by atoms with van der Waals surface area (Å²) in [4.78, 5) is 36.5. The quantitative estimate of drug-likeness (QED) is 0.423. The number of hydrogen-bond donors (Lipinski definition) is 4. The first-order valence-electron chi connectivity index (χ1n) is 11.1. The summed E-state index contributed by atoms with van der Waals surface area (Å²) in [6.07, 6.45) is 1.57. The van der Waals surface area contributed by atoms with Gasteiger partial charge in [0.05, 0.1) is 5.56 Å². The van der Waals surface area contributed by atoms with Crippen LogP contribution in [0.25, 0.3) is 0 Å². The van der Waals surface area contributed by atoms with Gasteiger partial charge in [-0.05, 0) is 86.6 Å². The maximum absolute atomic E-state index is 12.8. The van der Waals surface area contributed by atoms with Crippen molar-refractivity contribution in [3.05, 3.63) is 63.7 Å². The monoisotopic (exact) mass is 487 g/mol. The van der Waals surface area contributed by atoms with E-state index < -0.39 is 23.7 Å². The summed E-state index contributed by atoms with van der Waals surface area (Å²) < 4.78 is 5.24. The molecule has 1 fully saturated rings. The molecule has 0 saturated heterocycles. The minimum absolute atomic E-state index is 0.0198. The molecule has 2 aromatic rings. The van der Waals surface area contributed by atoms with Gasteiger partial charge in [-0.1, -0.05) is 17.7 Å². The third-order valence-corrected chi connectivity index (χ3v) is 5.44. The van der Waals surface area contributed by atoms with Crippen molar-refractivity contribution in [2.24, 2.45) is 0 Å². The van der Waals surface area contributed by atoms with Crippen LogP contribution < -0.4 is 16.0 Å². The van der Waals surface area contributed by atoms with Crippen molar-refractivity contribution in [2.45, 2.75) is 57.7 Å². The van der Waals surface area contributed by atoms with Gasteiger partial charge in [-0.3, -0.25) is 4.79 Å². The summed E-state index contributed by atoms with van der Waals surface area (Å²) >= 11 is 6.34. The van der Waals surface area contributed by atoms with E-state index in [2.05, 4.69) is 16.0 Å². The Morgan fingerprint density at radius 1 is 1.12 bits per heavy atom. The molecular weight excluding hydrogens is 458 g/mol. The first-order valence-corrected chi connectivity index (χ1v) is 11.5. The average Bonchev–Trinajstić information content (AvgIpc) is 3.59. The SMILES string of the molecule is CNC(=O)[C@H](Nc1cc(CNC(=O)OC(C)(C)C)cc(C(=O)O)c1)c1cc(Cl)cc(C2CC2)c1. The van der Waals surface area contributed by atoms with Crippen LogP contribution in [0, 0.1) is 0 Å². The molecule has 1 saturated carbocycles. The fraction of sp³-hybridized carbons (Fsp3) is 0.400. The number of aromatic carboxylic acids is 1. The number of alkyl carbamates (subject to hydrolysis) is 1. The van der Waals surface area contributed by atoms with Crippen molar-refractivity contribution in [1.82, 2.24) is 10.6 Å². The Labute approximate surface area is 204 Å². The highest BCUT2D eigenvalue weighted by Gasteiger charge is 2.27. The highest BCUT2D eigenvalue weighted by molar-refractivity contribution is 6.30. The summed E-state index contributed by atoms with van der Waals surface area (Å²) in [5.41, 5.74) is 2.08. The summed E-state index contributed by atoms with van der Waals surface area (Å²) in [5.74, 6) is -0.973. The zero-order chi connectivity index (χ0) is 25.0. The van der Waals surface area contributed by atoms with E-state index in [4.69, 9.17) is 16.3 Å². The van der Waals surface area contributed by atoms with Crippen LogP contribution in [0.3, 0.4) is 0 Å². The van der Waals surface area contributed by atoms with E-state index in [1.807, 2.05) is 12.1 Å². The molecule has 1 aliphatic carbocycles. The van der Waals surface area contributed by atoms with Crippen LogP contribution >= 0.6 is 11.6 Å². The van der Waals surface area contributed by atoms with Crippen molar-refractivity contribution in [2.75, 3.05) is 12.4 Å². The second kappa shape index (κ2) is 10.3. The van der Waals surface area contributed by atoms with E-state index in [9.17, 15) is 19.5 Å². The van der Waals surface area contributed by atoms with Gasteiger partial charge in [0.25, 0.3) is 0 Å². The van der Waals surface area contributed by atoms with Crippen molar-refractivity contribution < 1.29 is 24.2 Å². The van der Waals surface area contributed by atoms with Gasteiger partial charge in [0, 0.05) is 24.3 Å². The molecule has 1 atom stereocenters. The number of hydrogen-bond acceptors (Lipinski definition) is 5. The predicted octanol–water partition coefficient (Wildman–Crippen LogP) is 4.84. The Balaban J connectivity index is 1.88. The second-order valence-corrected chi connectivity index (χ2v) is 9.80. The van der Waals surface area contributed by atoms with Gasteiger partial charge in [0.2, 0.25) is 5.91 Å². The van der Waals surface area contributed by atoms with Crippen LogP contribution in [-0.2, 0) is 16.1 Å². The molecule has 0 aromatic heterocycles. The fourth-order valence-electron chi connectivity index (χ4n) is 3.56. The number of rotatable bonds is 8. The van der Waals surface area contributed by atoms with Crippen molar-refractivity contribution >= 4 is 35.3 Å². The largest absolute Gasteiger partial charge is 0.478 e. The molecule has 9 heteroatoms. The number of amides is 2. The summed E-state index contributed by atoms with van der Waals surface area (Å²) in [7, 11) is 1.53. The number of carboxylic acid groups (broad SMARTS) is 1. The second-order valence-electron chi connectivity index (χ2n) is 9.36. The number of ether oxygens (including phenoxy) is 1. The smallest absolute Gasteiger partial charge is 0.407 e. The number of likely N-dealkylation sites (N-methyl/N-ethyl adjacent to an activating group) is 1. The summed E-state index contributed by atoms with van der Waals surface area (Å²) in [6.45, 7) is 5.31. The van der Waals surface area contributed by atoms with E-state index >= 15 is 0 Å². The number of carbonyl (C=O) groups is 3. The first kappa shape index (κ1) is 25.4. The maximum Gasteiger partial charge on any atom is 0.407 e. The molecule has 0 radical (unpaired) electrons. The molecule has 182 valence electrons. The van der Waals surface area contributed by atoms with E-state index in [-0.39, 0.29) is 18.0 Å². The molecule has 0 spiro atoms. The van der Waals surface area contributed by atoms with Gasteiger partial charge in [-0.25, -0.2) is 9.59 Å². The van der Waals surface area contributed by atoms with Crippen LogP contribution in [0.5, 0.6) is 0 Å². The maximum atomic E-state index is 12.8. The van der Waals surface area contributed by atoms with Crippen molar-refractivity contribution in [3.8, 4) is 0 Å². The van der Waals surface area contributed by atoms with E-state index in [1.54, 1.807) is 32.9 Å². The standard InChI is InChI=1S/C25H30ClN3O5/c1-25(2,3)34-24(33)28-13-14-7-18(23(31)32)12-20(8-14)29-21(22(30)27-4)17-9-16(15-5-6-15)10-19(26)11-17/h7-12,15,21,29H,5-6,13H2,1-4H3,(H,27,30)(H,28,33)(H,31,32)/t21-/m1/s1. The third kappa shape index (κ3) is 7.12. The first-order chi connectivity index (χ1) is 15.9. The summed E-state index contributed by atoms with van der Waals surface area (Å²) in [5, 5.41) is 18.5. The Bertz CT molecular complexity index is 1090. The Kier molecular flexibility index (Phi) is 7.71. The Morgan fingerprint density at radius 2 is 1.82 bits per heavy atom. The van der Waals surface area contributed by atoms with Crippen LogP contribution in [0.2, 0.25) is 5.02 Å². The molecule has 1 aliphatic rings. The summed E-state index contributed by atoms with van der Waals surface area (Å²) in [6, 6.07) is 9.40. The zero-order valence-electron chi connectivity index (χ0n) is 19.7. The third-order valence-electron chi connectivity index (χ3n) is 5.22. The van der Waals surface area contributed by atoms with Gasteiger partial charge in [0.1, 0.15) is 11.6 Å². The molecule has 3 rings (SSSR count). The highest BCUT2D eigenvalue weighted by atomic mass is 35.5. The molecule has 0 aliphatic heterocycles. The molecule has 4 N–H and O–H groups in total. The molecule has 34 heavy (non-hydrogen) atoms. The molecular formula is C25H30ClN3O5. The lowest BCUT2D eigenvalue weighted by molar-refractivity contribution is -0.121. The van der Waals surface area contributed by atoms with Crippen LogP contribution in [0.4, 0.5) is 10.5 Å². The minimum Gasteiger partial charge on any atom is -0.478 e. The topological polar surface area (TPSA) is 117 Å².